The van der Waals surface area contributed by atoms with Gasteiger partial charge in [0.2, 0.25) is 0 Å². The average Bonchev–Trinajstić information content (AvgIpc) is 2.26. The van der Waals surface area contributed by atoms with E-state index in [2.05, 4.69) is 24.3 Å². The molecule has 2 rings (SSSR count). The molecule has 0 spiro atoms. The molecule has 1 aromatic carbocycles. The van der Waals surface area contributed by atoms with E-state index in [0.717, 1.165) is 5.75 Å². The van der Waals surface area contributed by atoms with E-state index >= 15 is 0 Å². The molecule has 1 aliphatic carbocycles. The number of amidine groups is 1. The van der Waals surface area contributed by atoms with Gasteiger partial charge < -0.3 is 5.73 Å². The van der Waals surface area contributed by atoms with Crippen LogP contribution in [0.25, 0.3) is 0 Å². The second-order valence-corrected chi connectivity index (χ2v) is 5.03. The Morgan fingerprint density at radius 2 is 2.27 bits per heavy atom. The molecule has 1 atom stereocenters. The Kier molecular flexibility index (Phi) is 3.31. The van der Waals surface area contributed by atoms with E-state index in [-0.39, 0.29) is 5.17 Å². The fraction of sp³-hybridized carbons (Fsp3) is 0.417. The molecular formula is C12H16N2S. The van der Waals surface area contributed by atoms with Gasteiger partial charge in [-0.1, -0.05) is 36.0 Å². The number of thioether (sulfide) groups is 1. The lowest BCUT2D eigenvalue weighted by Crippen LogP contribution is -2.14. The van der Waals surface area contributed by atoms with Gasteiger partial charge in [0.25, 0.3) is 0 Å². The third kappa shape index (κ3) is 2.53. The van der Waals surface area contributed by atoms with Gasteiger partial charge >= 0.3 is 0 Å². The second kappa shape index (κ2) is 4.71. The predicted molar refractivity (Wildman–Crippen MR) is 66.5 cm³/mol. The standard InChI is InChI=1S/C12H16N2S/c13-12(14)15-8-10-6-3-5-9-4-1-2-7-11(9)10/h1-2,4,7,10H,3,5-6,8H2,(H3,13,14). The molecule has 80 valence electrons. The van der Waals surface area contributed by atoms with E-state index in [9.17, 15) is 0 Å². The molecule has 0 bridgehead atoms. The number of hydrogen-bond donors (Lipinski definition) is 2. The third-order valence-electron chi connectivity index (χ3n) is 2.93. The highest BCUT2D eigenvalue weighted by molar-refractivity contribution is 8.13. The van der Waals surface area contributed by atoms with E-state index in [0.29, 0.717) is 5.92 Å². The Hall–Kier alpha value is -0.960. The summed E-state index contributed by atoms with van der Waals surface area (Å²) in [4.78, 5) is 0. The first-order valence-electron chi connectivity index (χ1n) is 5.32. The summed E-state index contributed by atoms with van der Waals surface area (Å²) in [6.45, 7) is 0. The molecule has 1 aliphatic rings. The molecule has 0 fully saturated rings. The molecule has 0 heterocycles. The summed E-state index contributed by atoms with van der Waals surface area (Å²) in [6, 6.07) is 8.66. The molecule has 0 saturated heterocycles. The van der Waals surface area contributed by atoms with Crippen molar-refractivity contribution < 1.29 is 0 Å². The summed E-state index contributed by atoms with van der Waals surface area (Å²) in [5, 5.41) is 7.47. The largest absolute Gasteiger partial charge is 0.379 e. The lowest BCUT2D eigenvalue weighted by molar-refractivity contribution is 0.597. The molecule has 0 aliphatic heterocycles. The lowest BCUT2D eigenvalue weighted by Gasteiger charge is -2.24. The first-order valence-corrected chi connectivity index (χ1v) is 6.30. The summed E-state index contributed by atoms with van der Waals surface area (Å²) in [5.41, 5.74) is 8.33. The second-order valence-electron chi connectivity index (χ2n) is 3.96. The summed E-state index contributed by atoms with van der Waals surface area (Å²) < 4.78 is 0. The molecule has 0 aromatic heterocycles. The maximum atomic E-state index is 7.24. The fourth-order valence-electron chi connectivity index (χ4n) is 2.22. The van der Waals surface area contributed by atoms with Crippen molar-refractivity contribution in [2.45, 2.75) is 25.2 Å². The van der Waals surface area contributed by atoms with Gasteiger partial charge in [-0.25, -0.2) is 0 Å². The number of hydrogen-bond acceptors (Lipinski definition) is 2. The zero-order chi connectivity index (χ0) is 10.7. The SMILES string of the molecule is N=C(N)SCC1CCCc2ccccc21. The van der Waals surface area contributed by atoms with Crippen LogP contribution in [0.2, 0.25) is 0 Å². The van der Waals surface area contributed by atoms with Crippen LogP contribution in [0.4, 0.5) is 0 Å². The highest BCUT2D eigenvalue weighted by Crippen LogP contribution is 2.33. The van der Waals surface area contributed by atoms with Crippen molar-refractivity contribution in [1.82, 2.24) is 0 Å². The van der Waals surface area contributed by atoms with Crippen molar-refractivity contribution in [3.63, 3.8) is 0 Å². The Balaban J connectivity index is 2.11. The first-order chi connectivity index (χ1) is 7.27. The van der Waals surface area contributed by atoms with Gasteiger partial charge in [0.05, 0.1) is 0 Å². The zero-order valence-electron chi connectivity index (χ0n) is 8.70. The van der Waals surface area contributed by atoms with Crippen molar-refractivity contribution in [3.8, 4) is 0 Å². The number of nitrogens with two attached hydrogens (primary N) is 1. The van der Waals surface area contributed by atoms with Crippen LogP contribution in [0, 0.1) is 5.41 Å². The zero-order valence-corrected chi connectivity index (χ0v) is 9.52. The van der Waals surface area contributed by atoms with Gasteiger partial charge in [0.1, 0.15) is 0 Å². The van der Waals surface area contributed by atoms with E-state index in [1.54, 1.807) is 0 Å². The van der Waals surface area contributed by atoms with E-state index in [1.165, 1.54) is 42.2 Å². The maximum absolute atomic E-state index is 7.24. The van der Waals surface area contributed by atoms with Gasteiger partial charge in [0.15, 0.2) is 5.17 Å². The van der Waals surface area contributed by atoms with E-state index in [4.69, 9.17) is 11.1 Å². The Morgan fingerprint density at radius 1 is 1.47 bits per heavy atom. The summed E-state index contributed by atoms with van der Waals surface area (Å²) in [6.07, 6.45) is 3.70. The van der Waals surface area contributed by atoms with Crippen molar-refractivity contribution in [1.29, 1.82) is 5.41 Å². The highest BCUT2D eigenvalue weighted by atomic mass is 32.2. The van der Waals surface area contributed by atoms with Crippen molar-refractivity contribution in [2.24, 2.45) is 5.73 Å². The van der Waals surface area contributed by atoms with Gasteiger partial charge in [-0.05, 0) is 36.3 Å². The Bertz CT molecular complexity index is 362. The quantitative estimate of drug-likeness (QED) is 0.594. The minimum Gasteiger partial charge on any atom is -0.379 e. The number of benzene rings is 1. The van der Waals surface area contributed by atoms with Crippen LogP contribution in [0.5, 0.6) is 0 Å². The van der Waals surface area contributed by atoms with E-state index < -0.39 is 0 Å². The van der Waals surface area contributed by atoms with Gasteiger partial charge in [0, 0.05) is 5.75 Å². The minimum absolute atomic E-state index is 0.234. The summed E-state index contributed by atoms with van der Waals surface area (Å²) in [7, 11) is 0. The highest BCUT2D eigenvalue weighted by Gasteiger charge is 2.19. The molecule has 0 radical (unpaired) electrons. The van der Waals surface area contributed by atoms with Crippen LogP contribution in [-0.4, -0.2) is 10.9 Å². The number of aryl methyl sites for hydroxylation is 1. The van der Waals surface area contributed by atoms with Crippen LogP contribution in [0.3, 0.4) is 0 Å². The van der Waals surface area contributed by atoms with E-state index in [1.807, 2.05) is 0 Å². The van der Waals surface area contributed by atoms with Crippen LogP contribution < -0.4 is 5.73 Å². The molecule has 3 N–H and O–H groups in total. The topological polar surface area (TPSA) is 49.9 Å². The molecule has 2 nitrogen and oxygen atoms in total. The third-order valence-corrected chi connectivity index (χ3v) is 3.81. The smallest absolute Gasteiger partial charge is 0.151 e. The Labute approximate surface area is 94.8 Å². The molecule has 15 heavy (non-hydrogen) atoms. The fourth-order valence-corrected chi connectivity index (χ4v) is 2.95. The monoisotopic (exact) mass is 220 g/mol. The average molecular weight is 220 g/mol. The van der Waals surface area contributed by atoms with Crippen LogP contribution in [0.1, 0.15) is 29.9 Å². The molecule has 0 amide bonds. The van der Waals surface area contributed by atoms with Gasteiger partial charge in [-0.15, -0.1) is 0 Å². The van der Waals surface area contributed by atoms with Crippen LogP contribution in [-0.2, 0) is 6.42 Å². The normalized spacial score (nSPS) is 19.6. The molecular weight excluding hydrogens is 204 g/mol. The number of nitrogens with one attached hydrogen (secondary N) is 1. The van der Waals surface area contributed by atoms with Gasteiger partial charge in [-0.3, -0.25) is 5.41 Å². The lowest BCUT2D eigenvalue weighted by atomic mass is 9.84. The van der Waals surface area contributed by atoms with Crippen molar-refractivity contribution >= 4 is 16.9 Å². The van der Waals surface area contributed by atoms with Crippen molar-refractivity contribution in [3.05, 3.63) is 35.4 Å². The predicted octanol–water partition coefficient (Wildman–Crippen LogP) is 2.73. The van der Waals surface area contributed by atoms with Crippen molar-refractivity contribution in [2.75, 3.05) is 5.75 Å². The minimum atomic E-state index is 0.234. The molecule has 0 saturated carbocycles. The van der Waals surface area contributed by atoms with Crippen LogP contribution >= 0.6 is 11.8 Å². The first kappa shape index (κ1) is 10.6. The van der Waals surface area contributed by atoms with Gasteiger partial charge in [-0.2, -0.15) is 0 Å². The number of rotatable bonds is 2. The summed E-state index contributed by atoms with van der Waals surface area (Å²) >= 11 is 1.46. The Morgan fingerprint density at radius 3 is 3.07 bits per heavy atom. The number of fused-ring (bicyclic) bond motifs is 1. The molecule has 3 heteroatoms. The molecule has 1 aromatic rings. The summed E-state index contributed by atoms with van der Waals surface area (Å²) in [5.74, 6) is 1.54. The van der Waals surface area contributed by atoms with Crippen LogP contribution in [0.15, 0.2) is 24.3 Å². The molecule has 1 unspecified atom stereocenters. The maximum Gasteiger partial charge on any atom is 0.151 e.